The molecule has 0 aliphatic carbocycles. The molecule has 3 aromatic rings. The molecule has 0 fully saturated rings. The number of nitrogen functional groups attached to an aromatic ring is 1. The second kappa shape index (κ2) is 5.69. The normalized spacial score (nSPS) is 10.5. The van der Waals surface area contributed by atoms with E-state index in [9.17, 15) is 4.79 Å². The fourth-order valence-electron chi connectivity index (χ4n) is 2.13. The van der Waals surface area contributed by atoms with E-state index in [1.165, 1.54) is 0 Å². The zero-order chi connectivity index (χ0) is 14.8. The number of nitrogens with one attached hydrogen (secondary N) is 1. The standard InChI is InChI=1S/C16H12IN3O/c17-11-4-1-3-10(9-11)16(21)20-14-7-6-13(18)15-12(14)5-2-8-19-15/h1-9H,18H2,(H,20,21). The Morgan fingerprint density at radius 2 is 2.00 bits per heavy atom. The molecule has 0 saturated heterocycles. The van der Waals surface area contributed by atoms with E-state index in [-0.39, 0.29) is 5.91 Å². The third kappa shape index (κ3) is 2.82. The van der Waals surface area contributed by atoms with Gasteiger partial charge in [-0.1, -0.05) is 6.07 Å². The van der Waals surface area contributed by atoms with Crippen molar-refractivity contribution in [3.05, 3.63) is 63.9 Å². The molecule has 0 unspecified atom stereocenters. The quantitative estimate of drug-likeness (QED) is 0.519. The van der Waals surface area contributed by atoms with Crippen molar-refractivity contribution in [3.63, 3.8) is 0 Å². The topological polar surface area (TPSA) is 68.0 Å². The number of carbonyl (C=O) groups is 1. The number of fused-ring (bicyclic) bond motifs is 1. The molecule has 3 N–H and O–H groups in total. The van der Waals surface area contributed by atoms with Crippen LogP contribution in [0.4, 0.5) is 11.4 Å². The maximum absolute atomic E-state index is 12.3. The van der Waals surface area contributed by atoms with Gasteiger partial charge in [0.2, 0.25) is 0 Å². The molecule has 1 amide bonds. The Labute approximate surface area is 135 Å². The summed E-state index contributed by atoms with van der Waals surface area (Å²) in [4.78, 5) is 16.6. The highest BCUT2D eigenvalue weighted by Gasteiger charge is 2.10. The number of nitrogens with zero attached hydrogens (tertiary/aromatic N) is 1. The predicted octanol–water partition coefficient (Wildman–Crippen LogP) is 3.67. The van der Waals surface area contributed by atoms with Crippen molar-refractivity contribution < 1.29 is 4.79 Å². The molecule has 4 nitrogen and oxygen atoms in total. The van der Waals surface area contributed by atoms with E-state index in [4.69, 9.17) is 5.73 Å². The van der Waals surface area contributed by atoms with Crippen LogP contribution < -0.4 is 11.1 Å². The molecular formula is C16H12IN3O. The zero-order valence-electron chi connectivity index (χ0n) is 11.0. The van der Waals surface area contributed by atoms with Gasteiger partial charge in [0.05, 0.1) is 16.9 Å². The van der Waals surface area contributed by atoms with E-state index in [2.05, 4.69) is 32.9 Å². The van der Waals surface area contributed by atoms with Crippen LogP contribution in [0.2, 0.25) is 0 Å². The van der Waals surface area contributed by atoms with Gasteiger partial charge in [0.15, 0.2) is 0 Å². The third-order valence-electron chi connectivity index (χ3n) is 3.14. The summed E-state index contributed by atoms with van der Waals surface area (Å²) in [6, 6.07) is 14.7. The van der Waals surface area contributed by atoms with E-state index in [1.54, 1.807) is 24.4 Å². The van der Waals surface area contributed by atoms with Gasteiger partial charge in [-0.3, -0.25) is 9.78 Å². The molecule has 0 radical (unpaired) electrons. The minimum Gasteiger partial charge on any atom is -0.397 e. The maximum atomic E-state index is 12.3. The maximum Gasteiger partial charge on any atom is 0.255 e. The molecule has 1 heterocycles. The van der Waals surface area contributed by atoms with Crippen molar-refractivity contribution in [2.24, 2.45) is 0 Å². The van der Waals surface area contributed by atoms with Crippen LogP contribution in [0.1, 0.15) is 10.4 Å². The number of anilines is 2. The van der Waals surface area contributed by atoms with Gasteiger partial charge in [-0.2, -0.15) is 0 Å². The van der Waals surface area contributed by atoms with Crippen LogP contribution in [0.15, 0.2) is 54.7 Å². The molecule has 2 aromatic carbocycles. The highest BCUT2D eigenvalue weighted by molar-refractivity contribution is 14.1. The van der Waals surface area contributed by atoms with Crippen molar-refractivity contribution in [1.29, 1.82) is 0 Å². The zero-order valence-corrected chi connectivity index (χ0v) is 13.2. The van der Waals surface area contributed by atoms with Gasteiger partial charge >= 0.3 is 0 Å². The number of nitrogens with two attached hydrogens (primary N) is 1. The minimum atomic E-state index is -0.150. The highest BCUT2D eigenvalue weighted by Crippen LogP contribution is 2.26. The minimum absolute atomic E-state index is 0.150. The van der Waals surface area contributed by atoms with Gasteiger partial charge in [-0.15, -0.1) is 0 Å². The number of rotatable bonds is 2. The van der Waals surface area contributed by atoms with E-state index < -0.39 is 0 Å². The molecule has 0 atom stereocenters. The molecule has 0 aliphatic rings. The summed E-state index contributed by atoms with van der Waals surface area (Å²) in [6.45, 7) is 0. The molecule has 5 heteroatoms. The first kappa shape index (κ1) is 13.8. The number of amides is 1. The molecule has 104 valence electrons. The van der Waals surface area contributed by atoms with Gasteiger partial charge in [-0.25, -0.2) is 0 Å². The molecular weight excluding hydrogens is 377 g/mol. The summed E-state index contributed by atoms with van der Waals surface area (Å²) in [6.07, 6.45) is 1.68. The van der Waals surface area contributed by atoms with E-state index in [1.807, 2.05) is 30.3 Å². The second-order valence-corrected chi connectivity index (χ2v) is 5.81. The Morgan fingerprint density at radius 1 is 1.14 bits per heavy atom. The third-order valence-corrected chi connectivity index (χ3v) is 3.81. The number of pyridine rings is 1. The SMILES string of the molecule is Nc1ccc(NC(=O)c2cccc(I)c2)c2cccnc12. The Morgan fingerprint density at radius 3 is 2.81 bits per heavy atom. The lowest BCUT2D eigenvalue weighted by molar-refractivity contribution is 0.102. The summed E-state index contributed by atoms with van der Waals surface area (Å²) < 4.78 is 1.02. The van der Waals surface area contributed by atoms with E-state index in [0.29, 0.717) is 22.5 Å². The first-order valence-corrected chi connectivity index (χ1v) is 7.43. The average Bonchev–Trinajstić information content (AvgIpc) is 2.50. The van der Waals surface area contributed by atoms with Gasteiger partial charge < -0.3 is 11.1 Å². The van der Waals surface area contributed by atoms with Gasteiger partial charge in [0, 0.05) is 20.7 Å². The number of halogens is 1. The van der Waals surface area contributed by atoms with Crippen LogP contribution in [-0.4, -0.2) is 10.9 Å². The van der Waals surface area contributed by atoms with Crippen LogP contribution in [0.5, 0.6) is 0 Å². The molecule has 21 heavy (non-hydrogen) atoms. The lowest BCUT2D eigenvalue weighted by atomic mass is 10.1. The van der Waals surface area contributed by atoms with Gasteiger partial charge in [0.25, 0.3) is 5.91 Å². The molecule has 0 bridgehead atoms. The molecule has 0 saturated carbocycles. The summed E-state index contributed by atoms with van der Waals surface area (Å²) in [5.74, 6) is -0.150. The van der Waals surface area contributed by atoms with Gasteiger partial charge in [0.1, 0.15) is 0 Å². The van der Waals surface area contributed by atoms with E-state index >= 15 is 0 Å². The summed E-state index contributed by atoms with van der Waals surface area (Å²) in [5, 5.41) is 3.75. The predicted molar refractivity (Wildman–Crippen MR) is 93.3 cm³/mol. The summed E-state index contributed by atoms with van der Waals surface area (Å²) >= 11 is 2.18. The van der Waals surface area contributed by atoms with E-state index in [0.717, 1.165) is 8.96 Å². The lowest BCUT2D eigenvalue weighted by Gasteiger charge is -2.10. The highest BCUT2D eigenvalue weighted by atomic mass is 127. The van der Waals surface area contributed by atoms with Crippen molar-refractivity contribution in [2.75, 3.05) is 11.1 Å². The van der Waals surface area contributed by atoms with Crippen LogP contribution in [0, 0.1) is 3.57 Å². The Bertz CT molecular complexity index is 833. The Hall–Kier alpha value is -2.15. The first-order valence-electron chi connectivity index (χ1n) is 6.35. The largest absolute Gasteiger partial charge is 0.397 e. The molecule has 1 aromatic heterocycles. The number of carbonyl (C=O) groups excluding carboxylic acids is 1. The number of benzene rings is 2. The summed E-state index contributed by atoms with van der Waals surface area (Å²) in [7, 11) is 0. The molecule has 0 aliphatic heterocycles. The van der Waals surface area contributed by atoms with Crippen LogP contribution in [-0.2, 0) is 0 Å². The lowest BCUT2D eigenvalue weighted by Crippen LogP contribution is -2.12. The Balaban J connectivity index is 1.99. The number of hydrogen-bond donors (Lipinski definition) is 2. The van der Waals surface area contributed by atoms with Crippen molar-refractivity contribution in [1.82, 2.24) is 4.98 Å². The monoisotopic (exact) mass is 389 g/mol. The molecule has 3 rings (SSSR count). The van der Waals surface area contributed by atoms with Gasteiger partial charge in [-0.05, 0) is 65.1 Å². The van der Waals surface area contributed by atoms with Crippen LogP contribution >= 0.6 is 22.6 Å². The smallest absolute Gasteiger partial charge is 0.255 e. The number of aromatic nitrogens is 1. The van der Waals surface area contributed by atoms with Crippen LogP contribution in [0.25, 0.3) is 10.9 Å². The average molecular weight is 389 g/mol. The fourth-order valence-corrected chi connectivity index (χ4v) is 2.67. The number of hydrogen-bond acceptors (Lipinski definition) is 3. The summed E-state index contributed by atoms with van der Waals surface area (Å²) in [5.41, 5.74) is 8.52. The van der Waals surface area contributed by atoms with Crippen molar-refractivity contribution in [2.45, 2.75) is 0 Å². The molecule has 0 spiro atoms. The fraction of sp³-hybridized carbons (Fsp3) is 0. The van der Waals surface area contributed by atoms with Crippen LogP contribution in [0.3, 0.4) is 0 Å². The van der Waals surface area contributed by atoms with Crippen molar-refractivity contribution >= 4 is 50.8 Å². The Kier molecular flexibility index (Phi) is 3.74. The first-order chi connectivity index (χ1) is 10.1. The van der Waals surface area contributed by atoms with Crippen molar-refractivity contribution in [3.8, 4) is 0 Å². The second-order valence-electron chi connectivity index (χ2n) is 4.57.